The van der Waals surface area contributed by atoms with E-state index in [9.17, 15) is 18.0 Å². The van der Waals surface area contributed by atoms with Crippen molar-refractivity contribution in [2.75, 3.05) is 6.61 Å². The smallest absolute Gasteiger partial charge is 0.409 e. The number of amides is 1. The van der Waals surface area contributed by atoms with Gasteiger partial charge in [-0.05, 0) is 37.3 Å². The Labute approximate surface area is 156 Å². The van der Waals surface area contributed by atoms with E-state index >= 15 is 0 Å². The van der Waals surface area contributed by atoms with Gasteiger partial charge in [-0.25, -0.2) is 0 Å². The lowest BCUT2D eigenvalue weighted by atomic mass is 9.93. The number of benzene rings is 2. The Hall–Kier alpha value is -2.28. The second-order valence-electron chi connectivity index (χ2n) is 7.39. The molecule has 0 bridgehead atoms. The number of hydrazine groups is 1. The predicted molar refractivity (Wildman–Crippen MR) is 97.2 cm³/mol. The molecule has 0 saturated carbocycles. The van der Waals surface area contributed by atoms with Crippen LogP contribution in [0.25, 0.3) is 10.8 Å². The number of alkyl halides is 3. The zero-order valence-electron chi connectivity index (χ0n) is 15.6. The summed E-state index contributed by atoms with van der Waals surface area (Å²) in [6, 6.07) is 8.06. The average molecular weight is 380 g/mol. The monoisotopic (exact) mass is 380 g/mol. The van der Waals surface area contributed by atoms with Crippen LogP contribution in [0, 0.1) is 0 Å². The minimum Gasteiger partial charge on any atom is -0.493 e. The van der Waals surface area contributed by atoms with Crippen molar-refractivity contribution in [3.8, 4) is 5.75 Å². The highest BCUT2D eigenvalue weighted by molar-refractivity contribution is 5.92. The molecule has 0 unspecified atom stereocenters. The molecule has 0 radical (unpaired) electrons. The number of fused-ring (bicyclic) bond motifs is 1. The van der Waals surface area contributed by atoms with Gasteiger partial charge in [0.25, 0.3) is 0 Å². The van der Waals surface area contributed by atoms with Crippen LogP contribution in [0.3, 0.4) is 0 Å². The van der Waals surface area contributed by atoms with Gasteiger partial charge in [0.2, 0.25) is 5.91 Å². The summed E-state index contributed by atoms with van der Waals surface area (Å²) in [4.78, 5) is 11.9. The van der Waals surface area contributed by atoms with Crippen LogP contribution in [0.1, 0.15) is 45.2 Å². The van der Waals surface area contributed by atoms with Gasteiger partial charge in [-0.2, -0.15) is 18.2 Å². The molecule has 7 heteroatoms. The third kappa shape index (κ3) is 3.74. The zero-order chi connectivity index (χ0) is 19.8. The van der Waals surface area contributed by atoms with Gasteiger partial charge in [0.05, 0.1) is 6.61 Å². The number of nitrogens with zero attached hydrogens (tertiary/aromatic N) is 1. The molecule has 1 aliphatic heterocycles. The Morgan fingerprint density at radius 2 is 1.89 bits per heavy atom. The number of carbonyl (C=O) groups excluding carboxylic acids is 1. The van der Waals surface area contributed by atoms with Crippen molar-refractivity contribution in [3.63, 3.8) is 0 Å². The molecule has 2 aromatic carbocycles. The lowest BCUT2D eigenvalue weighted by Gasteiger charge is -2.38. The maximum absolute atomic E-state index is 14.2. The molecule has 1 heterocycles. The summed E-state index contributed by atoms with van der Waals surface area (Å²) < 4.78 is 48.4. The highest BCUT2D eigenvalue weighted by Gasteiger charge is 2.53. The summed E-state index contributed by atoms with van der Waals surface area (Å²) in [7, 11) is 0. The topological polar surface area (TPSA) is 41.6 Å². The maximum atomic E-state index is 14.2. The van der Waals surface area contributed by atoms with Crippen molar-refractivity contribution < 1.29 is 22.7 Å². The second kappa shape index (κ2) is 7.03. The molecule has 1 fully saturated rings. The number of carbonyl (C=O) groups is 1. The van der Waals surface area contributed by atoms with E-state index < -0.39 is 23.7 Å². The molecule has 1 atom stereocenters. The second-order valence-corrected chi connectivity index (χ2v) is 7.39. The fourth-order valence-corrected chi connectivity index (χ4v) is 3.57. The predicted octanol–water partition coefficient (Wildman–Crippen LogP) is 4.75. The summed E-state index contributed by atoms with van der Waals surface area (Å²) in [5.41, 5.74) is 1.51. The van der Waals surface area contributed by atoms with Gasteiger partial charge >= 0.3 is 6.18 Å². The zero-order valence-corrected chi connectivity index (χ0v) is 15.6. The van der Waals surface area contributed by atoms with Gasteiger partial charge in [0.15, 0.2) is 6.04 Å². The third-order valence-corrected chi connectivity index (χ3v) is 4.71. The quantitative estimate of drug-likeness (QED) is 0.814. The lowest BCUT2D eigenvalue weighted by Crippen LogP contribution is -2.51. The summed E-state index contributed by atoms with van der Waals surface area (Å²) in [5, 5.41) is 2.12. The van der Waals surface area contributed by atoms with E-state index in [1.54, 1.807) is 44.2 Å². The van der Waals surface area contributed by atoms with Crippen LogP contribution in [0.15, 0.2) is 36.4 Å². The van der Waals surface area contributed by atoms with Crippen LogP contribution < -0.4 is 10.2 Å². The van der Waals surface area contributed by atoms with Crippen molar-refractivity contribution >= 4 is 16.7 Å². The number of ether oxygens (including phenoxy) is 1. The third-order valence-electron chi connectivity index (χ3n) is 4.71. The summed E-state index contributed by atoms with van der Waals surface area (Å²) in [6.07, 6.45) is -3.83. The number of rotatable bonds is 5. The van der Waals surface area contributed by atoms with Gasteiger partial charge in [-0.15, -0.1) is 0 Å². The lowest BCUT2D eigenvalue weighted by molar-refractivity contribution is -0.203. The van der Waals surface area contributed by atoms with Gasteiger partial charge in [-0.3, -0.25) is 10.2 Å². The Morgan fingerprint density at radius 1 is 1.22 bits per heavy atom. The molecule has 1 saturated heterocycles. The maximum Gasteiger partial charge on any atom is 0.409 e. The van der Waals surface area contributed by atoms with Crippen LogP contribution >= 0.6 is 0 Å². The van der Waals surface area contributed by atoms with Gasteiger partial charge in [0.1, 0.15) is 5.75 Å². The van der Waals surface area contributed by atoms with Crippen molar-refractivity contribution in [1.29, 1.82) is 0 Å². The fourth-order valence-electron chi connectivity index (χ4n) is 3.57. The van der Waals surface area contributed by atoms with E-state index in [2.05, 4.69) is 5.43 Å². The minimum atomic E-state index is -4.58. The Kier molecular flexibility index (Phi) is 5.08. The standard InChI is InChI=1S/C20H23F3N2O2/c1-4-11-27-15-10-6-8-13-7-5-9-14(17(13)15)18(20(21,22)23)25-19(2,3)12-16(26)24-25/h5-10,18H,4,11-12H2,1-3H3,(H,24,26)/t18-/m0/s1. The van der Waals surface area contributed by atoms with Crippen molar-refractivity contribution in [2.45, 2.75) is 51.4 Å². The molecule has 4 nitrogen and oxygen atoms in total. The summed E-state index contributed by atoms with van der Waals surface area (Å²) >= 11 is 0. The van der Waals surface area contributed by atoms with Crippen molar-refractivity contribution in [2.24, 2.45) is 0 Å². The van der Waals surface area contributed by atoms with E-state index in [1.165, 1.54) is 6.07 Å². The minimum absolute atomic E-state index is 0.00351. The first kappa shape index (κ1) is 19.5. The Morgan fingerprint density at radius 3 is 2.44 bits per heavy atom. The van der Waals surface area contributed by atoms with Crippen molar-refractivity contribution in [1.82, 2.24) is 10.4 Å². The molecular formula is C20H23F3N2O2. The molecule has 27 heavy (non-hydrogen) atoms. The number of hydrogen-bond acceptors (Lipinski definition) is 3. The fraction of sp³-hybridized carbons (Fsp3) is 0.450. The molecule has 0 spiro atoms. The van der Waals surface area contributed by atoms with E-state index in [0.717, 1.165) is 11.4 Å². The molecular weight excluding hydrogens is 357 g/mol. The average Bonchev–Trinajstić information content (AvgIpc) is 2.84. The van der Waals surface area contributed by atoms with Crippen LogP contribution in [-0.4, -0.2) is 29.2 Å². The molecule has 1 N–H and O–H groups in total. The SMILES string of the molecule is CCCOc1cccc2cccc([C@H](N3NC(=O)CC3(C)C)C(F)(F)F)c12. The molecule has 1 aliphatic rings. The highest BCUT2D eigenvalue weighted by atomic mass is 19.4. The summed E-state index contributed by atoms with van der Waals surface area (Å²) in [5.74, 6) is -0.000488. The Balaban J connectivity index is 2.21. The first-order valence-electron chi connectivity index (χ1n) is 8.95. The van der Waals surface area contributed by atoms with E-state index in [-0.39, 0.29) is 12.0 Å². The highest BCUT2D eigenvalue weighted by Crippen LogP contribution is 2.46. The van der Waals surface area contributed by atoms with E-state index in [1.807, 2.05) is 6.92 Å². The number of hydrogen-bond donors (Lipinski definition) is 1. The van der Waals surface area contributed by atoms with Gasteiger partial charge < -0.3 is 4.74 Å². The molecule has 0 aliphatic carbocycles. The molecule has 2 aromatic rings. The first-order valence-corrected chi connectivity index (χ1v) is 8.95. The van der Waals surface area contributed by atoms with Crippen LogP contribution in [0.2, 0.25) is 0 Å². The van der Waals surface area contributed by atoms with Crippen LogP contribution in [0.4, 0.5) is 13.2 Å². The van der Waals surface area contributed by atoms with Gasteiger partial charge in [0, 0.05) is 17.3 Å². The van der Waals surface area contributed by atoms with Crippen LogP contribution in [-0.2, 0) is 4.79 Å². The normalized spacial score (nSPS) is 18.5. The molecule has 1 amide bonds. The van der Waals surface area contributed by atoms with Crippen LogP contribution in [0.5, 0.6) is 5.75 Å². The number of halogens is 3. The molecule has 3 rings (SSSR count). The first-order chi connectivity index (χ1) is 12.6. The molecule has 0 aromatic heterocycles. The largest absolute Gasteiger partial charge is 0.493 e. The van der Waals surface area contributed by atoms with E-state index in [0.29, 0.717) is 23.1 Å². The molecule has 146 valence electrons. The number of nitrogens with one attached hydrogen (secondary N) is 1. The Bertz CT molecular complexity index is 843. The summed E-state index contributed by atoms with van der Waals surface area (Å²) in [6.45, 7) is 5.61. The van der Waals surface area contributed by atoms with Gasteiger partial charge in [-0.1, -0.05) is 37.3 Å². The van der Waals surface area contributed by atoms with Crippen molar-refractivity contribution in [3.05, 3.63) is 42.0 Å². The van der Waals surface area contributed by atoms with E-state index in [4.69, 9.17) is 4.74 Å².